The monoisotopic (exact) mass is 351 g/mol. The van der Waals surface area contributed by atoms with Gasteiger partial charge in [-0.15, -0.1) is 0 Å². The molecule has 17 heavy (non-hydrogen) atoms. The second-order valence-electron chi connectivity index (χ2n) is 3.84. The molecule has 0 saturated heterocycles. The number of aromatic nitrogens is 1. The van der Waals surface area contributed by atoms with Crippen LogP contribution in [0.1, 0.15) is 0 Å². The maximum absolute atomic E-state index is 12.0. The highest BCUT2D eigenvalue weighted by atomic mass is 79.9. The largest absolute Gasteiger partial charge is 0.354 e. The van der Waals surface area contributed by atoms with Gasteiger partial charge in [0.25, 0.3) is 0 Å². The molecule has 84 valence electrons. The number of pyridine rings is 1. The van der Waals surface area contributed by atoms with E-state index in [0.717, 1.165) is 21.1 Å². The molecule has 1 aromatic rings. The normalized spacial score (nSPS) is 11.2. The molecule has 0 amide bonds. The number of hydrogen-bond donors (Lipinski definition) is 1. The highest BCUT2D eigenvalue weighted by Gasteiger charge is 2.10. The van der Waals surface area contributed by atoms with Crippen LogP contribution in [-0.4, -0.2) is 4.98 Å². The van der Waals surface area contributed by atoms with Crippen molar-refractivity contribution in [2.75, 3.05) is 0 Å². The molecule has 2 aliphatic rings. The topological polar surface area (TPSA) is 32.9 Å². The highest BCUT2D eigenvalue weighted by Crippen LogP contribution is 2.25. The van der Waals surface area contributed by atoms with Crippen molar-refractivity contribution in [3.63, 3.8) is 0 Å². The van der Waals surface area contributed by atoms with Gasteiger partial charge in [0.05, 0.1) is 4.47 Å². The number of H-pyrrole nitrogens is 1. The number of halogens is 2. The van der Waals surface area contributed by atoms with Gasteiger partial charge < -0.3 is 4.98 Å². The number of nitrogens with one attached hydrogen (secondary N) is 1. The molecule has 0 radical (unpaired) electrons. The molecule has 0 spiro atoms. The van der Waals surface area contributed by atoms with Crippen molar-refractivity contribution >= 4 is 42.8 Å². The number of aromatic amines is 1. The summed E-state index contributed by atoms with van der Waals surface area (Å²) in [6.07, 6.45) is 0. The predicted octanol–water partition coefficient (Wildman–Crippen LogP) is 4.16. The van der Waals surface area contributed by atoms with E-state index in [1.165, 1.54) is 0 Å². The Kier molecular flexibility index (Phi) is 2.56. The lowest BCUT2D eigenvalue weighted by Gasteiger charge is -2.08. The minimum Gasteiger partial charge on any atom is -0.354 e. The third-order valence-corrected chi connectivity index (χ3v) is 3.85. The van der Waals surface area contributed by atoms with Gasteiger partial charge in [0.2, 0.25) is 5.43 Å². The molecule has 0 fully saturated rings. The molecule has 2 nitrogen and oxygen atoms in total. The van der Waals surface area contributed by atoms with Crippen LogP contribution >= 0.6 is 31.9 Å². The van der Waals surface area contributed by atoms with Crippen LogP contribution in [0.4, 0.5) is 0 Å². The van der Waals surface area contributed by atoms with Crippen molar-refractivity contribution in [3.8, 4) is 11.3 Å². The zero-order valence-corrected chi connectivity index (χ0v) is 11.8. The summed E-state index contributed by atoms with van der Waals surface area (Å²) in [6, 6.07) is 11.5. The SMILES string of the molecule is O=c1c(Br)ccc2[nH]c3ccc(Br)cc3cc1-2. The van der Waals surface area contributed by atoms with Crippen molar-refractivity contribution in [2.45, 2.75) is 0 Å². The van der Waals surface area contributed by atoms with Gasteiger partial charge in [-0.1, -0.05) is 15.9 Å². The van der Waals surface area contributed by atoms with Gasteiger partial charge in [0, 0.05) is 21.2 Å². The lowest BCUT2D eigenvalue weighted by Crippen LogP contribution is -2.07. The second-order valence-corrected chi connectivity index (χ2v) is 5.61. The Balaban J connectivity index is 2.50. The van der Waals surface area contributed by atoms with Crippen LogP contribution in [0.5, 0.6) is 0 Å². The fraction of sp³-hybridized carbons (Fsp3) is 0. The van der Waals surface area contributed by atoms with E-state index in [9.17, 15) is 4.79 Å². The van der Waals surface area contributed by atoms with Crippen molar-refractivity contribution in [1.29, 1.82) is 0 Å². The van der Waals surface area contributed by atoms with E-state index in [1.54, 1.807) is 6.07 Å². The Morgan fingerprint density at radius 3 is 2.65 bits per heavy atom. The molecule has 1 aliphatic carbocycles. The molecule has 0 atom stereocenters. The van der Waals surface area contributed by atoms with Crippen LogP contribution in [0.3, 0.4) is 0 Å². The van der Waals surface area contributed by atoms with Gasteiger partial charge in [-0.25, -0.2) is 0 Å². The number of rotatable bonds is 0. The highest BCUT2D eigenvalue weighted by molar-refractivity contribution is 9.10. The Morgan fingerprint density at radius 2 is 1.82 bits per heavy atom. The predicted molar refractivity (Wildman–Crippen MR) is 76.6 cm³/mol. The van der Waals surface area contributed by atoms with Crippen LogP contribution in [0.25, 0.3) is 22.2 Å². The van der Waals surface area contributed by atoms with Gasteiger partial charge >= 0.3 is 0 Å². The zero-order valence-electron chi connectivity index (χ0n) is 8.63. The standard InChI is InChI=1S/C13H7Br2NO/c14-8-1-3-11-7(5-8)6-9-12(16-11)4-2-10(15)13(9)17/h1-6,16H. The third-order valence-electron chi connectivity index (χ3n) is 2.73. The first kappa shape index (κ1) is 11.0. The maximum Gasteiger partial charge on any atom is 0.202 e. The van der Waals surface area contributed by atoms with E-state index in [2.05, 4.69) is 36.8 Å². The summed E-state index contributed by atoms with van der Waals surface area (Å²) >= 11 is 6.69. The van der Waals surface area contributed by atoms with E-state index in [0.29, 0.717) is 10.0 Å². The lowest BCUT2D eigenvalue weighted by atomic mass is 10.1. The van der Waals surface area contributed by atoms with Crippen molar-refractivity contribution < 1.29 is 0 Å². The van der Waals surface area contributed by atoms with Crippen LogP contribution in [0, 0.1) is 0 Å². The van der Waals surface area contributed by atoms with Crippen LogP contribution in [-0.2, 0) is 0 Å². The minimum absolute atomic E-state index is 0.0145. The Bertz CT molecular complexity index is 748. The zero-order chi connectivity index (χ0) is 12.0. The second kappa shape index (κ2) is 3.96. The van der Waals surface area contributed by atoms with Crippen molar-refractivity contribution in [1.82, 2.24) is 4.98 Å². The number of fused-ring (bicyclic) bond motifs is 2. The first-order valence-electron chi connectivity index (χ1n) is 5.06. The van der Waals surface area contributed by atoms with Gasteiger partial charge in [-0.2, -0.15) is 0 Å². The fourth-order valence-electron chi connectivity index (χ4n) is 1.89. The fourth-order valence-corrected chi connectivity index (χ4v) is 2.62. The molecule has 1 aromatic carbocycles. The number of benzene rings is 2. The molecule has 1 heterocycles. The first-order valence-corrected chi connectivity index (χ1v) is 6.64. The smallest absolute Gasteiger partial charge is 0.202 e. The first-order chi connectivity index (χ1) is 8.15. The quantitative estimate of drug-likeness (QED) is 0.605. The molecule has 0 saturated carbocycles. The lowest BCUT2D eigenvalue weighted by molar-refractivity contribution is 1.35. The Hall–Kier alpha value is -1.13. The van der Waals surface area contributed by atoms with Gasteiger partial charge in [-0.05, 0) is 57.7 Å². The summed E-state index contributed by atoms with van der Waals surface area (Å²) in [7, 11) is 0. The summed E-state index contributed by atoms with van der Waals surface area (Å²) in [6.45, 7) is 0. The van der Waals surface area contributed by atoms with E-state index < -0.39 is 0 Å². The molecule has 1 aliphatic heterocycles. The average Bonchev–Trinajstić information content (AvgIpc) is 2.32. The molecular weight excluding hydrogens is 346 g/mol. The van der Waals surface area contributed by atoms with Gasteiger partial charge in [0.1, 0.15) is 0 Å². The summed E-state index contributed by atoms with van der Waals surface area (Å²) in [5.41, 5.74) is 2.58. The molecule has 0 unspecified atom stereocenters. The van der Waals surface area contributed by atoms with Gasteiger partial charge in [0.15, 0.2) is 0 Å². The van der Waals surface area contributed by atoms with Crippen molar-refractivity contribution in [3.05, 3.63) is 55.6 Å². The average molecular weight is 353 g/mol. The third kappa shape index (κ3) is 1.81. The van der Waals surface area contributed by atoms with E-state index in [1.807, 2.05) is 30.3 Å². The van der Waals surface area contributed by atoms with E-state index in [4.69, 9.17) is 0 Å². The summed E-state index contributed by atoms with van der Waals surface area (Å²) in [4.78, 5) is 15.2. The Labute approximate surface area is 114 Å². The molecule has 0 aromatic heterocycles. The summed E-state index contributed by atoms with van der Waals surface area (Å²) in [5.74, 6) is 0. The van der Waals surface area contributed by atoms with Crippen molar-refractivity contribution in [2.24, 2.45) is 0 Å². The molecule has 1 N–H and O–H groups in total. The summed E-state index contributed by atoms with van der Waals surface area (Å²) < 4.78 is 1.59. The number of hydrogen-bond acceptors (Lipinski definition) is 1. The summed E-state index contributed by atoms with van der Waals surface area (Å²) in [5, 5.41) is 1.02. The molecule has 4 heteroatoms. The molecule has 0 bridgehead atoms. The molecular formula is C13H7Br2NO. The molecule has 3 rings (SSSR count). The minimum atomic E-state index is 0.0145. The van der Waals surface area contributed by atoms with E-state index >= 15 is 0 Å². The van der Waals surface area contributed by atoms with Gasteiger partial charge in [-0.3, -0.25) is 4.79 Å². The van der Waals surface area contributed by atoms with Crippen LogP contribution < -0.4 is 5.43 Å². The van der Waals surface area contributed by atoms with Crippen LogP contribution in [0.15, 0.2) is 50.1 Å². The van der Waals surface area contributed by atoms with E-state index in [-0.39, 0.29) is 5.43 Å². The Morgan fingerprint density at radius 1 is 1.00 bits per heavy atom. The van der Waals surface area contributed by atoms with Crippen LogP contribution in [0.2, 0.25) is 0 Å². The maximum atomic E-state index is 12.0.